The van der Waals surface area contributed by atoms with E-state index in [9.17, 15) is 13.2 Å². The number of aromatic nitrogens is 1. The maximum atomic E-state index is 12.6. The van der Waals surface area contributed by atoms with E-state index in [0.717, 1.165) is 33.4 Å². The highest BCUT2D eigenvalue weighted by atomic mass is 127. The molecule has 0 bridgehead atoms. The van der Waals surface area contributed by atoms with Crippen molar-refractivity contribution in [3.8, 4) is 0 Å². The summed E-state index contributed by atoms with van der Waals surface area (Å²) in [5, 5.41) is 8.59. The van der Waals surface area contributed by atoms with Gasteiger partial charge in [0.25, 0.3) is 0 Å². The number of rotatable bonds is 5. The van der Waals surface area contributed by atoms with Crippen LogP contribution in [0.25, 0.3) is 11.0 Å². The molecule has 1 aromatic carbocycles. The second-order valence-corrected chi connectivity index (χ2v) is 6.81. The first-order chi connectivity index (χ1) is 12.9. The highest BCUT2D eigenvalue weighted by Crippen LogP contribution is 2.30. The quantitative estimate of drug-likeness (QED) is 0.269. The van der Waals surface area contributed by atoms with E-state index < -0.39 is 11.9 Å². The summed E-state index contributed by atoms with van der Waals surface area (Å²) in [7, 11) is 0. The number of guanidine groups is 1. The maximum absolute atomic E-state index is 12.6. The molecule has 10 heteroatoms. The van der Waals surface area contributed by atoms with Gasteiger partial charge in [-0.15, -0.1) is 35.3 Å². The van der Waals surface area contributed by atoms with Gasteiger partial charge in [-0.25, -0.2) is 9.98 Å². The molecule has 152 valence electrons. The number of para-hydroxylation sites is 1. The van der Waals surface area contributed by atoms with E-state index >= 15 is 0 Å². The molecule has 2 aromatic heterocycles. The molecule has 3 aromatic rings. The summed E-state index contributed by atoms with van der Waals surface area (Å²) in [5.41, 5.74) is -0.0862. The second kappa shape index (κ2) is 9.59. The average molecular weight is 524 g/mol. The smallest absolute Gasteiger partial charge is 0.434 e. The molecule has 0 saturated carbocycles. The van der Waals surface area contributed by atoms with E-state index in [1.54, 1.807) is 0 Å². The number of furan rings is 1. The van der Waals surface area contributed by atoms with Crippen LogP contribution in [-0.2, 0) is 12.7 Å². The highest BCUT2D eigenvalue weighted by molar-refractivity contribution is 14.0. The monoisotopic (exact) mass is 524 g/mol. The van der Waals surface area contributed by atoms with Crippen molar-refractivity contribution in [2.45, 2.75) is 32.6 Å². The van der Waals surface area contributed by atoms with Gasteiger partial charge in [-0.05, 0) is 26.0 Å². The first kappa shape index (κ1) is 22.5. The van der Waals surface area contributed by atoms with E-state index in [4.69, 9.17) is 4.42 Å². The van der Waals surface area contributed by atoms with Crippen molar-refractivity contribution in [2.24, 2.45) is 4.99 Å². The minimum Gasteiger partial charge on any atom is -0.459 e. The number of halogens is 4. The normalized spacial score (nSPS) is 13.2. The summed E-state index contributed by atoms with van der Waals surface area (Å²) >= 11 is 0.942. The van der Waals surface area contributed by atoms with Gasteiger partial charge in [0.05, 0.1) is 12.6 Å². The summed E-state index contributed by atoms with van der Waals surface area (Å²) in [6.45, 7) is 4.51. The maximum Gasteiger partial charge on any atom is 0.434 e. The molecule has 0 saturated heterocycles. The number of nitrogens with one attached hydrogen (secondary N) is 2. The van der Waals surface area contributed by atoms with E-state index in [2.05, 4.69) is 20.6 Å². The lowest BCUT2D eigenvalue weighted by molar-refractivity contribution is -0.140. The summed E-state index contributed by atoms with van der Waals surface area (Å²) in [6, 6.07) is 9.49. The molecule has 3 rings (SSSR count). The Morgan fingerprint density at radius 2 is 2.07 bits per heavy atom. The van der Waals surface area contributed by atoms with Crippen LogP contribution in [0.15, 0.2) is 45.1 Å². The Balaban J connectivity index is 0.00000280. The largest absolute Gasteiger partial charge is 0.459 e. The van der Waals surface area contributed by atoms with Crippen LogP contribution >= 0.6 is 35.3 Å². The zero-order valence-electron chi connectivity index (χ0n) is 15.2. The number of hydrogen-bond donors (Lipinski definition) is 2. The number of benzene rings is 1. The SMILES string of the molecule is CCNC(=NCc1nc(C(F)(F)F)cs1)NC(C)c1cc2ccccc2o1.I. The average Bonchev–Trinajstić information content (AvgIpc) is 3.26. The highest BCUT2D eigenvalue weighted by Gasteiger charge is 2.33. The first-order valence-corrected chi connectivity index (χ1v) is 9.29. The van der Waals surface area contributed by atoms with Gasteiger partial charge < -0.3 is 15.1 Å². The third-order valence-corrected chi connectivity index (χ3v) is 4.62. The zero-order chi connectivity index (χ0) is 19.4. The fourth-order valence-electron chi connectivity index (χ4n) is 2.47. The van der Waals surface area contributed by atoms with E-state index in [0.29, 0.717) is 17.5 Å². The summed E-state index contributed by atoms with van der Waals surface area (Å²) in [6.07, 6.45) is -4.43. The molecule has 0 spiro atoms. The predicted octanol–water partition coefficient (Wildman–Crippen LogP) is 5.34. The van der Waals surface area contributed by atoms with Crippen LogP contribution in [0.1, 0.15) is 36.4 Å². The lowest BCUT2D eigenvalue weighted by Crippen LogP contribution is -2.38. The van der Waals surface area contributed by atoms with Crippen LogP contribution < -0.4 is 10.6 Å². The van der Waals surface area contributed by atoms with Crippen molar-refractivity contribution in [2.75, 3.05) is 6.54 Å². The molecule has 2 heterocycles. The Hall–Kier alpha value is -1.82. The minimum absolute atomic E-state index is 0. The fourth-order valence-corrected chi connectivity index (χ4v) is 3.20. The first-order valence-electron chi connectivity index (χ1n) is 8.41. The van der Waals surface area contributed by atoms with Crippen molar-refractivity contribution in [3.63, 3.8) is 0 Å². The molecule has 28 heavy (non-hydrogen) atoms. The van der Waals surface area contributed by atoms with Gasteiger partial charge in [0.15, 0.2) is 11.7 Å². The lowest BCUT2D eigenvalue weighted by atomic mass is 10.2. The third-order valence-electron chi connectivity index (χ3n) is 3.78. The molecular formula is C18H20F3IN4OS. The van der Waals surface area contributed by atoms with Gasteiger partial charge in [0, 0.05) is 17.3 Å². The molecule has 2 N–H and O–H groups in total. The molecule has 0 aliphatic heterocycles. The van der Waals surface area contributed by atoms with Crippen LogP contribution in [-0.4, -0.2) is 17.5 Å². The number of hydrogen-bond acceptors (Lipinski definition) is 4. The van der Waals surface area contributed by atoms with Gasteiger partial charge in [-0.3, -0.25) is 0 Å². The number of aliphatic imine (C=N–C) groups is 1. The van der Waals surface area contributed by atoms with Crippen molar-refractivity contribution in [1.29, 1.82) is 0 Å². The van der Waals surface area contributed by atoms with Gasteiger partial charge in [-0.2, -0.15) is 13.2 Å². The third kappa shape index (κ3) is 5.60. The van der Waals surface area contributed by atoms with Crippen molar-refractivity contribution in [3.05, 3.63) is 52.2 Å². The molecule has 0 aliphatic rings. The van der Waals surface area contributed by atoms with Crippen LogP contribution in [0.3, 0.4) is 0 Å². The fraction of sp³-hybridized carbons (Fsp3) is 0.333. The van der Waals surface area contributed by atoms with Gasteiger partial charge in [0.1, 0.15) is 16.4 Å². The Kier molecular flexibility index (Phi) is 7.70. The van der Waals surface area contributed by atoms with E-state index in [1.165, 1.54) is 0 Å². The van der Waals surface area contributed by atoms with Crippen molar-refractivity contribution < 1.29 is 17.6 Å². The molecule has 0 fully saturated rings. The van der Waals surface area contributed by atoms with Crippen LogP contribution in [0.5, 0.6) is 0 Å². The Bertz CT molecular complexity index is 905. The van der Waals surface area contributed by atoms with Crippen LogP contribution in [0.4, 0.5) is 13.2 Å². The number of thiazole rings is 1. The minimum atomic E-state index is -4.43. The Labute approximate surface area is 181 Å². The van der Waals surface area contributed by atoms with Crippen LogP contribution in [0.2, 0.25) is 0 Å². The van der Waals surface area contributed by atoms with E-state index in [1.807, 2.05) is 44.2 Å². The van der Waals surface area contributed by atoms with Crippen molar-refractivity contribution >= 4 is 52.2 Å². The predicted molar refractivity (Wildman–Crippen MR) is 115 cm³/mol. The molecule has 5 nitrogen and oxygen atoms in total. The van der Waals surface area contributed by atoms with Crippen molar-refractivity contribution in [1.82, 2.24) is 15.6 Å². The Morgan fingerprint density at radius 1 is 1.32 bits per heavy atom. The number of fused-ring (bicyclic) bond motifs is 1. The van der Waals surface area contributed by atoms with Crippen LogP contribution in [0, 0.1) is 0 Å². The molecule has 0 radical (unpaired) electrons. The number of nitrogens with zero attached hydrogens (tertiary/aromatic N) is 2. The van der Waals surface area contributed by atoms with Gasteiger partial charge in [0.2, 0.25) is 0 Å². The van der Waals surface area contributed by atoms with E-state index in [-0.39, 0.29) is 36.6 Å². The lowest BCUT2D eigenvalue weighted by Gasteiger charge is -2.15. The molecule has 0 amide bonds. The Morgan fingerprint density at radius 3 is 2.71 bits per heavy atom. The second-order valence-electron chi connectivity index (χ2n) is 5.87. The molecule has 1 atom stereocenters. The molecular weight excluding hydrogens is 504 g/mol. The molecule has 0 aliphatic carbocycles. The van der Waals surface area contributed by atoms with Gasteiger partial charge >= 0.3 is 6.18 Å². The topological polar surface area (TPSA) is 62.5 Å². The summed E-state index contributed by atoms with van der Waals surface area (Å²) in [4.78, 5) is 7.92. The molecule has 1 unspecified atom stereocenters. The van der Waals surface area contributed by atoms with Gasteiger partial charge in [-0.1, -0.05) is 18.2 Å². The number of alkyl halides is 3. The zero-order valence-corrected chi connectivity index (χ0v) is 18.4. The summed E-state index contributed by atoms with van der Waals surface area (Å²) < 4.78 is 43.8. The summed E-state index contributed by atoms with van der Waals surface area (Å²) in [5.74, 6) is 1.23. The standard InChI is InChI=1S/C18H19F3N4OS.HI/c1-3-22-17(23-9-16-25-15(10-27-16)18(19,20)21)24-11(2)14-8-12-6-4-5-7-13(12)26-14;/h4-8,10-11H,3,9H2,1-2H3,(H2,22,23,24);1H.